The van der Waals surface area contributed by atoms with Crippen molar-refractivity contribution in [3.8, 4) is 0 Å². The lowest BCUT2D eigenvalue weighted by atomic mass is 10.3. The van der Waals surface area contributed by atoms with Crippen LogP contribution in [-0.2, 0) is 13.6 Å². The maximum absolute atomic E-state index is 5.87. The summed E-state index contributed by atoms with van der Waals surface area (Å²) in [6, 6.07) is 3.82. The van der Waals surface area contributed by atoms with E-state index in [0.717, 1.165) is 15.7 Å². The predicted octanol–water partition coefficient (Wildman–Crippen LogP) is 1.42. The van der Waals surface area contributed by atoms with Gasteiger partial charge in [-0.15, -0.1) is 5.10 Å². The number of nitrogens with zero attached hydrogens (tertiary/aromatic N) is 5. The minimum absolute atomic E-state index is 0.536. The molecule has 8 heteroatoms. The van der Waals surface area contributed by atoms with Crippen LogP contribution in [-0.4, -0.2) is 24.4 Å². The zero-order chi connectivity index (χ0) is 13.4. The lowest BCUT2D eigenvalue weighted by Gasteiger charge is -2.00. The van der Waals surface area contributed by atoms with E-state index in [0.29, 0.717) is 18.3 Å². The van der Waals surface area contributed by atoms with Crippen LogP contribution in [0.25, 0.3) is 5.65 Å². The van der Waals surface area contributed by atoms with E-state index in [1.807, 2.05) is 18.3 Å². The summed E-state index contributed by atoms with van der Waals surface area (Å²) in [4.78, 5) is 4.39. The number of nitrogens with one attached hydrogen (secondary N) is 1. The maximum atomic E-state index is 5.87. The van der Waals surface area contributed by atoms with E-state index in [9.17, 15) is 0 Å². The Hall–Kier alpha value is -2.09. The lowest BCUT2D eigenvalue weighted by Crippen LogP contribution is -2.05. The van der Waals surface area contributed by atoms with Crippen molar-refractivity contribution in [2.75, 3.05) is 11.1 Å². The normalized spacial score (nSPS) is 11.1. The van der Waals surface area contributed by atoms with Crippen molar-refractivity contribution in [3.05, 3.63) is 34.6 Å². The van der Waals surface area contributed by atoms with Crippen LogP contribution >= 0.6 is 15.9 Å². The average molecular weight is 322 g/mol. The van der Waals surface area contributed by atoms with Crippen molar-refractivity contribution in [2.24, 2.45) is 7.05 Å². The van der Waals surface area contributed by atoms with Gasteiger partial charge in [-0.05, 0) is 28.1 Å². The molecule has 3 heterocycles. The third-order valence-electron chi connectivity index (χ3n) is 2.82. The topological polar surface area (TPSA) is 86.1 Å². The number of hydrogen-bond acceptors (Lipinski definition) is 5. The molecule has 0 atom stereocenters. The van der Waals surface area contributed by atoms with E-state index in [2.05, 4.69) is 36.4 Å². The minimum atomic E-state index is 0.536. The van der Waals surface area contributed by atoms with Crippen molar-refractivity contribution in [1.29, 1.82) is 0 Å². The average Bonchev–Trinajstić information content (AvgIpc) is 2.94. The van der Waals surface area contributed by atoms with Crippen LogP contribution in [0.3, 0.4) is 0 Å². The molecule has 0 fully saturated rings. The van der Waals surface area contributed by atoms with Crippen LogP contribution in [0.1, 0.15) is 5.56 Å². The highest BCUT2D eigenvalue weighted by Crippen LogP contribution is 2.17. The first-order valence-corrected chi connectivity index (χ1v) is 6.45. The first-order valence-electron chi connectivity index (χ1n) is 5.66. The van der Waals surface area contributed by atoms with Crippen molar-refractivity contribution >= 4 is 33.3 Å². The predicted molar refractivity (Wildman–Crippen MR) is 75.6 cm³/mol. The van der Waals surface area contributed by atoms with E-state index >= 15 is 0 Å². The summed E-state index contributed by atoms with van der Waals surface area (Å²) in [5, 5.41) is 11.5. The molecule has 0 aliphatic carbocycles. The van der Waals surface area contributed by atoms with Crippen LogP contribution in [0.2, 0.25) is 0 Å². The molecule has 0 saturated carbocycles. The molecular weight excluding hydrogens is 310 g/mol. The highest BCUT2D eigenvalue weighted by Gasteiger charge is 2.08. The molecule has 3 aromatic rings. The number of pyridine rings is 1. The Kier molecular flexibility index (Phi) is 2.86. The molecule has 19 heavy (non-hydrogen) atoms. The van der Waals surface area contributed by atoms with Crippen LogP contribution in [0.15, 0.2) is 29.0 Å². The van der Waals surface area contributed by atoms with Crippen molar-refractivity contribution < 1.29 is 0 Å². The zero-order valence-corrected chi connectivity index (χ0v) is 11.8. The van der Waals surface area contributed by atoms with Gasteiger partial charge in [-0.2, -0.15) is 10.1 Å². The second-order valence-corrected chi connectivity index (χ2v) is 4.95. The third kappa shape index (κ3) is 2.14. The number of fused-ring (bicyclic) bond motifs is 1. The number of hydrogen-bond donors (Lipinski definition) is 2. The molecule has 3 aromatic heterocycles. The van der Waals surface area contributed by atoms with Crippen molar-refractivity contribution in [2.45, 2.75) is 6.54 Å². The molecule has 0 spiro atoms. The quantitative estimate of drug-likeness (QED) is 0.762. The van der Waals surface area contributed by atoms with Gasteiger partial charge in [0.1, 0.15) is 5.82 Å². The number of nitrogen functional groups attached to an aromatic ring is 1. The zero-order valence-electron chi connectivity index (χ0n) is 10.2. The summed E-state index contributed by atoms with van der Waals surface area (Å²) in [6.45, 7) is 0.536. The first kappa shape index (κ1) is 12.0. The molecule has 0 aromatic carbocycles. The Morgan fingerprint density at radius 2 is 2.32 bits per heavy atom. The SMILES string of the molecule is Cn1ncc(CNc2nc3c(Br)cccn3n2)c1N. The second kappa shape index (κ2) is 4.54. The van der Waals surface area contributed by atoms with E-state index < -0.39 is 0 Å². The lowest BCUT2D eigenvalue weighted by molar-refractivity contribution is 0.778. The largest absolute Gasteiger partial charge is 0.384 e. The fraction of sp³-hybridized carbons (Fsp3) is 0.182. The van der Waals surface area contributed by atoms with Crippen LogP contribution in [0.5, 0.6) is 0 Å². The Bertz CT molecular complexity index is 730. The molecule has 0 unspecified atom stereocenters. The third-order valence-corrected chi connectivity index (χ3v) is 3.44. The molecule has 0 saturated heterocycles. The van der Waals surface area contributed by atoms with Gasteiger partial charge in [0, 0.05) is 25.4 Å². The van der Waals surface area contributed by atoms with Gasteiger partial charge in [0.05, 0.1) is 10.7 Å². The molecule has 0 aliphatic rings. The fourth-order valence-electron chi connectivity index (χ4n) is 1.75. The molecule has 7 nitrogen and oxygen atoms in total. The summed E-state index contributed by atoms with van der Waals surface area (Å²) in [6.07, 6.45) is 3.57. The Labute approximate surface area is 117 Å². The van der Waals surface area contributed by atoms with Crippen LogP contribution < -0.4 is 11.1 Å². The highest BCUT2D eigenvalue weighted by molar-refractivity contribution is 9.10. The summed E-state index contributed by atoms with van der Waals surface area (Å²) in [5.74, 6) is 1.19. The number of halogens is 1. The molecule has 0 aliphatic heterocycles. The summed E-state index contributed by atoms with van der Waals surface area (Å²) < 4.78 is 4.24. The van der Waals surface area contributed by atoms with Gasteiger partial charge in [0.2, 0.25) is 5.95 Å². The summed E-state index contributed by atoms with van der Waals surface area (Å²) in [7, 11) is 1.80. The number of anilines is 2. The Morgan fingerprint density at radius 1 is 1.47 bits per heavy atom. The van der Waals surface area contributed by atoms with Crippen molar-refractivity contribution in [3.63, 3.8) is 0 Å². The second-order valence-electron chi connectivity index (χ2n) is 4.09. The molecule has 0 amide bonds. The van der Waals surface area contributed by atoms with Gasteiger partial charge >= 0.3 is 0 Å². The van der Waals surface area contributed by atoms with E-state index in [1.165, 1.54) is 0 Å². The van der Waals surface area contributed by atoms with Crippen LogP contribution in [0.4, 0.5) is 11.8 Å². The van der Waals surface area contributed by atoms with E-state index in [4.69, 9.17) is 5.73 Å². The van der Waals surface area contributed by atoms with Gasteiger partial charge in [-0.3, -0.25) is 4.68 Å². The number of rotatable bonds is 3. The summed E-state index contributed by atoms with van der Waals surface area (Å²) in [5.41, 5.74) is 7.56. The number of aromatic nitrogens is 5. The van der Waals surface area contributed by atoms with Gasteiger partial charge in [0.15, 0.2) is 5.65 Å². The maximum Gasteiger partial charge on any atom is 0.243 e. The number of nitrogens with two attached hydrogens (primary N) is 1. The van der Waals surface area contributed by atoms with Gasteiger partial charge in [-0.25, -0.2) is 4.52 Å². The number of aryl methyl sites for hydroxylation is 1. The van der Waals surface area contributed by atoms with Crippen LogP contribution in [0, 0.1) is 0 Å². The molecule has 98 valence electrons. The monoisotopic (exact) mass is 321 g/mol. The van der Waals surface area contributed by atoms with Gasteiger partial charge in [-0.1, -0.05) is 0 Å². The molecule has 0 radical (unpaired) electrons. The minimum Gasteiger partial charge on any atom is -0.384 e. The fourth-order valence-corrected chi connectivity index (χ4v) is 2.17. The van der Waals surface area contributed by atoms with E-state index in [-0.39, 0.29) is 0 Å². The Balaban J connectivity index is 1.82. The molecule has 3 rings (SSSR count). The Morgan fingerprint density at radius 3 is 3.00 bits per heavy atom. The van der Waals surface area contributed by atoms with Crippen molar-refractivity contribution in [1.82, 2.24) is 24.4 Å². The molecule has 0 bridgehead atoms. The van der Waals surface area contributed by atoms with E-state index in [1.54, 1.807) is 22.4 Å². The first-order chi connectivity index (χ1) is 9.15. The highest BCUT2D eigenvalue weighted by atomic mass is 79.9. The summed E-state index contributed by atoms with van der Waals surface area (Å²) >= 11 is 3.44. The van der Waals surface area contributed by atoms with Gasteiger partial charge < -0.3 is 11.1 Å². The van der Waals surface area contributed by atoms with Gasteiger partial charge in [0.25, 0.3) is 0 Å². The molecule has 3 N–H and O–H groups in total. The standard InChI is InChI=1S/C11H12BrN7/c1-18-9(13)7(6-15-18)5-14-11-16-10-8(12)3-2-4-19(10)17-11/h2-4,6H,5,13H2,1H3,(H,14,17). The molecular formula is C11H12BrN7. The smallest absolute Gasteiger partial charge is 0.243 e.